The van der Waals surface area contributed by atoms with E-state index in [0.717, 1.165) is 10.7 Å². The molecule has 1 aliphatic rings. The quantitative estimate of drug-likeness (QED) is 0.133. The van der Waals surface area contributed by atoms with Crippen molar-refractivity contribution < 1.29 is 32.4 Å². The average molecular weight is 781 g/mol. The van der Waals surface area contributed by atoms with Crippen LogP contribution in [-0.4, -0.2) is 98.0 Å². The molecule has 13 nitrogen and oxygen atoms in total. The first kappa shape index (κ1) is 45.7. The Balaban J connectivity index is 2.37. The number of nitrogens with zero attached hydrogens (tertiary/aromatic N) is 2. The summed E-state index contributed by atoms with van der Waals surface area (Å²) in [4.78, 5) is 69.4. The molecule has 0 bridgehead atoms. The molecule has 1 unspecified atom stereocenters. The third-order valence-electron chi connectivity index (χ3n) is 9.67. The SMILES string of the molecule is C=CCNC(=O)C(=O)C(CCCC)NC(=O)[C@@H]1[C@@H](C(C)C)CCN1C(=O)[C@@H](NC(=O)N[C@H](CN(C)S(=O)(=O)c1ccccc1Cl)C(C)(C)C)C(C)(C)C. The van der Waals surface area contributed by atoms with Crippen molar-refractivity contribution in [2.24, 2.45) is 22.7 Å². The number of amides is 5. The van der Waals surface area contributed by atoms with Crippen LogP contribution in [-0.2, 0) is 29.2 Å². The van der Waals surface area contributed by atoms with Crippen LogP contribution in [0.4, 0.5) is 4.79 Å². The second-order valence-corrected chi connectivity index (χ2v) is 18.7. The topological polar surface area (TPSA) is 174 Å². The molecule has 5 amide bonds. The minimum absolute atomic E-state index is 0.000146. The van der Waals surface area contributed by atoms with Crippen molar-refractivity contribution in [2.45, 2.75) is 117 Å². The number of likely N-dealkylation sites (N-methyl/N-ethyl adjacent to an activating group) is 1. The van der Waals surface area contributed by atoms with Gasteiger partial charge in [0.25, 0.3) is 5.91 Å². The van der Waals surface area contributed by atoms with E-state index in [2.05, 4.69) is 27.8 Å². The number of ketones is 1. The number of carbonyl (C=O) groups excluding carboxylic acids is 5. The summed E-state index contributed by atoms with van der Waals surface area (Å²) in [5, 5.41) is 11.1. The molecule has 0 aliphatic carbocycles. The van der Waals surface area contributed by atoms with Crippen LogP contribution in [0.3, 0.4) is 0 Å². The van der Waals surface area contributed by atoms with E-state index >= 15 is 0 Å². The molecule has 0 saturated carbocycles. The molecule has 53 heavy (non-hydrogen) atoms. The van der Waals surface area contributed by atoms with E-state index in [1.54, 1.807) is 32.9 Å². The number of sulfonamides is 1. The molecule has 2 rings (SSSR count). The predicted octanol–water partition coefficient (Wildman–Crippen LogP) is 4.51. The summed E-state index contributed by atoms with van der Waals surface area (Å²) in [7, 11) is -2.59. The van der Waals surface area contributed by atoms with Crippen molar-refractivity contribution in [1.29, 1.82) is 0 Å². The summed E-state index contributed by atoms with van der Waals surface area (Å²) in [6.45, 7) is 20.7. The summed E-state index contributed by atoms with van der Waals surface area (Å²) in [6, 6.07) is 1.63. The van der Waals surface area contributed by atoms with Gasteiger partial charge in [0.15, 0.2) is 0 Å². The van der Waals surface area contributed by atoms with Gasteiger partial charge in [-0.2, -0.15) is 4.31 Å². The van der Waals surface area contributed by atoms with E-state index in [9.17, 15) is 32.4 Å². The second-order valence-electron chi connectivity index (χ2n) is 16.3. The number of hydrogen-bond acceptors (Lipinski definition) is 7. The average Bonchev–Trinajstić information content (AvgIpc) is 3.52. The molecule has 0 aromatic heterocycles. The lowest BCUT2D eigenvalue weighted by Gasteiger charge is -2.38. The highest BCUT2D eigenvalue weighted by Crippen LogP contribution is 2.34. The molecule has 0 radical (unpaired) electrons. The normalized spacial score (nSPS) is 18.2. The van der Waals surface area contributed by atoms with Gasteiger partial charge in [0.1, 0.15) is 17.0 Å². The standard InChI is InChI=1S/C38H61ClN6O7S/c1-12-14-18-27(31(46)34(48)40-21-13-2)41-33(47)30-25(24(3)4)20-22-45(30)35(49)32(38(8,9)10)43-36(50)42-29(37(5,6)7)23-44(11)53(51,52)28-19-16-15-17-26(28)39/h13,15-17,19,24-25,27,29-30,32H,2,12,14,18,20-23H2,1,3-11H3,(H,40,48)(H,41,47)(H2,42,43,50)/t25-,27?,29-,30+,32-/m1/s1. The molecule has 1 fully saturated rings. The molecule has 0 spiro atoms. The maximum atomic E-state index is 14.5. The maximum Gasteiger partial charge on any atom is 0.315 e. The fourth-order valence-corrected chi connectivity index (χ4v) is 7.97. The summed E-state index contributed by atoms with van der Waals surface area (Å²) in [6.07, 6.45) is 3.56. The van der Waals surface area contributed by atoms with Crippen molar-refractivity contribution in [1.82, 2.24) is 30.5 Å². The van der Waals surface area contributed by atoms with Gasteiger partial charge < -0.3 is 26.2 Å². The first-order chi connectivity index (χ1) is 24.5. The molecule has 1 aromatic rings. The largest absolute Gasteiger partial charge is 0.346 e. The highest BCUT2D eigenvalue weighted by molar-refractivity contribution is 7.89. The molecule has 15 heteroatoms. The molecule has 4 N–H and O–H groups in total. The van der Waals surface area contributed by atoms with Crippen molar-refractivity contribution >= 4 is 51.2 Å². The number of hydrogen-bond donors (Lipinski definition) is 4. The van der Waals surface area contributed by atoms with Crippen molar-refractivity contribution in [3.63, 3.8) is 0 Å². The molecule has 1 aliphatic heterocycles. The number of Topliss-reactive ketones (excluding diaryl/α,β-unsaturated/α-hetero) is 1. The van der Waals surface area contributed by atoms with Gasteiger partial charge in [0.2, 0.25) is 27.6 Å². The van der Waals surface area contributed by atoms with Crippen molar-refractivity contribution in [3.8, 4) is 0 Å². The van der Waals surface area contributed by atoms with Crippen molar-refractivity contribution in [2.75, 3.05) is 26.7 Å². The Labute approximate surface area is 321 Å². The van der Waals surface area contributed by atoms with Gasteiger partial charge in [-0.05, 0) is 47.6 Å². The van der Waals surface area contributed by atoms with E-state index in [0.29, 0.717) is 12.8 Å². The number of benzene rings is 1. The number of rotatable bonds is 17. The van der Waals surface area contributed by atoms with Crippen LogP contribution in [0.1, 0.15) is 88.0 Å². The Hall–Kier alpha value is -3.49. The monoisotopic (exact) mass is 780 g/mol. The third kappa shape index (κ3) is 12.3. The van der Waals surface area contributed by atoms with Gasteiger partial charge in [-0.3, -0.25) is 19.2 Å². The fraction of sp³-hybridized carbons (Fsp3) is 0.658. The van der Waals surface area contributed by atoms with E-state index in [1.165, 1.54) is 30.2 Å². The third-order valence-corrected chi connectivity index (χ3v) is 12.0. The summed E-state index contributed by atoms with van der Waals surface area (Å²) in [5.74, 6) is -2.84. The smallest absolute Gasteiger partial charge is 0.315 e. The Bertz CT molecular complexity index is 1590. The van der Waals surface area contributed by atoms with Gasteiger partial charge >= 0.3 is 6.03 Å². The molecule has 1 heterocycles. The summed E-state index contributed by atoms with van der Waals surface area (Å²) >= 11 is 6.21. The van der Waals surface area contributed by atoms with Crippen LogP contribution in [0.25, 0.3) is 0 Å². The van der Waals surface area contributed by atoms with E-state index in [4.69, 9.17) is 11.6 Å². The van der Waals surface area contributed by atoms with Gasteiger partial charge in [0.05, 0.1) is 11.1 Å². The number of urea groups is 1. The first-order valence-electron chi connectivity index (χ1n) is 18.3. The van der Waals surface area contributed by atoms with Crippen LogP contribution < -0.4 is 21.3 Å². The lowest BCUT2D eigenvalue weighted by molar-refractivity contribution is -0.144. The number of nitrogens with one attached hydrogen (secondary N) is 4. The molecule has 298 valence electrons. The Morgan fingerprint density at radius 1 is 1.02 bits per heavy atom. The maximum absolute atomic E-state index is 14.5. The molecular formula is C38H61ClN6O7S. The number of unbranched alkanes of at least 4 members (excludes halogenated alkanes) is 1. The Morgan fingerprint density at radius 2 is 1.64 bits per heavy atom. The van der Waals surface area contributed by atoms with Crippen molar-refractivity contribution in [3.05, 3.63) is 41.9 Å². The zero-order valence-electron chi connectivity index (χ0n) is 33.0. The lowest BCUT2D eigenvalue weighted by atomic mass is 9.84. The van der Waals surface area contributed by atoms with Crippen LogP contribution >= 0.6 is 11.6 Å². The van der Waals surface area contributed by atoms with E-state index in [1.807, 2.05) is 41.5 Å². The van der Waals surface area contributed by atoms with Crippen LogP contribution in [0.5, 0.6) is 0 Å². The minimum atomic E-state index is -4.00. The summed E-state index contributed by atoms with van der Waals surface area (Å²) in [5.41, 5.74) is -1.42. The van der Waals surface area contributed by atoms with Gasteiger partial charge in [-0.15, -0.1) is 6.58 Å². The highest BCUT2D eigenvalue weighted by atomic mass is 35.5. The molecular weight excluding hydrogens is 720 g/mol. The van der Waals surface area contributed by atoms with Crippen LogP contribution in [0.2, 0.25) is 5.02 Å². The minimum Gasteiger partial charge on any atom is -0.346 e. The van der Waals surface area contributed by atoms with Crippen LogP contribution in [0, 0.1) is 22.7 Å². The molecule has 1 aromatic carbocycles. The van der Waals surface area contributed by atoms with Crippen LogP contribution in [0.15, 0.2) is 41.8 Å². The van der Waals surface area contributed by atoms with E-state index < -0.39 is 74.6 Å². The highest BCUT2D eigenvalue weighted by Gasteiger charge is 2.48. The van der Waals surface area contributed by atoms with E-state index in [-0.39, 0.29) is 47.8 Å². The summed E-state index contributed by atoms with van der Waals surface area (Å²) < 4.78 is 28.0. The Kier molecular flexibility index (Phi) is 16.5. The number of likely N-dealkylation sites (tertiary alicyclic amines) is 1. The predicted molar refractivity (Wildman–Crippen MR) is 208 cm³/mol. The van der Waals surface area contributed by atoms with Gasteiger partial charge in [-0.25, -0.2) is 13.2 Å². The lowest BCUT2D eigenvalue weighted by Crippen LogP contribution is -2.62. The first-order valence-corrected chi connectivity index (χ1v) is 20.1. The second kappa shape index (κ2) is 19.2. The zero-order valence-corrected chi connectivity index (χ0v) is 34.6. The molecule has 1 saturated heterocycles. The fourth-order valence-electron chi connectivity index (χ4n) is 6.30. The molecule has 5 atom stereocenters. The number of carbonyl (C=O) groups is 5. The zero-order chi connectivity index (χ0) is 40.5. The van der Waals surface area contributed by atoms with Gasteiger partial charge in [-0.1, -0.05) is 105 Å². The number of halogens is 1. The van der Waals surface area contributed by atoms with Gasteiger partial charge in [0, 0.05) is 32.7 Å². The Morgan fingerprint density at radius 3 is 2.17 bits per heavy atom.